The molecule has 0 radical (unpaired) electrons. The lowest BCUT2D eigenvalue weighted by Gasteiger charge is -2.18. The Labute approximate surface area is 157 Å². The predicted molar refractivity (Wildman–Crippen MR) is 106 cm³/mol. The summed E-state index contributed by atoms with van der Waals surface area (Å²) in [7, 11) is 0. The van der Waals surface area contributed by atoms with E-state index in [9.17, 15) is 5.11 Å². The number of H-pyrrole nitrogens is 2. The maximum absolute atomic E-state index is 11.2. The molecule has 0 aliphatic heterocycles. The zero-order chi connectivity index (χ0) is 19.1. The Balaban J connectivity index is 1.89. The summed E-state index contributed by atoms with van der Waals surface area (Å²) in [5, 5.41) is 21.4. The number of imidazole rings is 1. The Kier molecular flexibility index (Phi) is 4.21. The number of hydrogen-bond donors (Lipinski definition) is 3. The van der Waals surface area contributed by atoms with Gasteiger partial charge in [-0.25, -0.2) is 4.98 Å². The Morgan fingerprint density at radius 2 is 2.04 bits per heavy atom. The number of rotatable bonds is 4. The Bertz CT molecular complexity index is 1180. The minimum atomic E-state index is -0.865. The van der Waals surface area contributed by atoms with Gasteiger partial charge in [-0.1, -0.05) is 19.9 Å². The number of nitrogens with zero attached hydrogens (tertiary/aromatic N) is 2. The molecule has 0 fully saturated rings. The van der Waals surface area contributed by atoms with Crippen LogP contribution in [0.2, 0.25) is 0 Å². The van der Waals surface area contributed by atoms with Gasteiger partial charge in [0.15, 0.2) is 0 Å². The van der Waals surface area contributed by atoms with E-state index in [1.807, 2.05) is 18.3 Å². The van der Waals surface area contributed by atoms with E-state index in [4.69, 9.17) is 5.26 Å². The normalized spacial score (nSPS) is 12.7. The molecule has 0 amide bonds. The van der Waals surface area contributed by atoms with Crippen molar-refractivity contribution < 1.29 is 5.11 Å². The zero-order valence-corrected chi connectivity index (χ0v) is 15.7. The fraction of sp³-hybridized carbons (Fsp3) is 0.273. The first-order valence-electron chi connectivity index (χ1n) is 9.15. The summed E-state index contributed by atoms with van der Waals surface area (Å²) in [6, 6.07) is 11.6. The molecule has 5 heteroatoms. The molecule has 3 N–H and O–H groups in total. The van der Waals surface area contributed by atoms with Crippen LogP contribution in [0.15, 0.2) is 36.5 Å². The van der Waals surface area contributed by atoms with Gasteiger partial charge in [0.25, 0.3) is 0 Å². The Hall–Kier alpha value is -3.10. The molecule has 4 aromatic rings. The van der Waals surface area contributed by atoms with Gasteiger partial charge in [-0.2, -0.15) is 5.26 Å². The van der Waals surface area contributed by atoms with E-state index in [0.29, 0.717) is 22.8 Å². The van der Waals surface area contributed by atoms with Crippen molar-refractivity contribution in [3.63, 3.8) is 0 Å². The average Bonchev–Trinajstić information content (AvgIpc) is 3.27. The number of fused-ring (bicyclic) bond motifs is 2. The summed E-state index contributed by atoms with van der Waals surface area (Å²) in [4.78, 5) is 11.1. The van der Waals surface area contributed by atoms with Crippen molar-refractivity contribution in [1.82, 2.24) is 15.0 Å². The third kappa shape index (κ3) is 2.98. The molecule has 2 aromatic heterocycles. The van der Waals surface area contributed by atoms with Gasteiger partial charge in [0, 0.05) is 22.7 Å². The number of nitrogens with one attached hydrogen (secondary N) is 2. The standard InChI is InChI=1S/C22H22N4O/c1-12(2)8-15-9-13(3)20-16(6-7-24-20)19(15)21(27)22-25-17-5-4-14(11-23)10-18(17)26-22/h4-7,9-10,12,21,24,27H,8H2,1-3H3,(H,25,26). The number of benzene rings is 2. The molecule has 5 nitrogen and oxygen atoms in total. The number of aromatic nitrogens is 3. The van der Waals surface area contributed by atoms with Crippen LogP contribution in [0.1, 0.15) is 48.0 Å². The minimum Gasteiger partial charge on any atom is -0.380 e. The third-order valence-corrected chi connectivity index (χ3v) is 4.96. The Morgan fingerprint density at radius 3 is 2.78 bits per heavy atom. The predicted octanol–water partition coefficient (Wildman–Crippen LogP) is 4.50. The molecule has 2 heterocycles. The molecular weight excluding hydrogens is 336 g/mol. The van der Waals surface area contributed by atoms with Gasteiger partial charge in [0.05, 0.1) is 22.7 Å². The van der Waals surface area contributed by atoms with Gasteiger partial charge in [0.1, 0.15) is 11.9 Å². The maximum atomic E-state index is 11.2. The lowest BCUT2D eigenvalue weighted by atomic mass is 9.90. The molecule has 1 atom stereocenters. The fourth-order valence-electron chi connectivity index (χ4n) is 3.80. The van der Waals surface area contributed by atoms with Crippen LogP contribution in [0.25, 0.3) is 21.9 Å². The van der Waals surface area contributed by atoms with Crippen molar-refractivity contribution in [3.8, 4) is 6.07 Å². The van der Waals surface area contributed by atoms with Gasteiger partial charge in [-0.3, -0.25) is 0 Å². The topological polar surface area (TPSA) is 88.5 Å². The molecule has 0 aliphatic carbocycles. The molecule has 27 heavy (non-hydrogen) atoms. The van der Waals surface area contributed by atoms with Crippen LogP contribution in [0.4, 0.5) is 0 Å². The summed E-state index contributed by atoms with van der Waals surface area (Å²) in [5.41, 5.74) is 6.30. The minimum absolute atomic E-state index is 0.473. The molecule has 0 spiro atoms. The van der Waals surface area contributed by atoms with Gasteiger partial charge in [-0.15, -0.1) is 0 Å². The average molecular weight is 358 g/mol. The smallest absolute Gasteiger partial charge is 0.140 e. The molecular formula is C22H22N4O. The molecule has 2 aromatic carbocycles. The van der Waals surface area contributed by atoms with Crippen molar-refractivity contribution >= 4 is 21.9 Å². The molecule has 0 saturated carbocycles. The molecule has 136 valence electrons. The number of aliphatic hydroxyl groups is 1. The number of aliphatic hydroxyl groups excluding tert-OH is 1. The van der Waals surface area contributed by atoms with Crippen LogP contribution in [0, 0.1) is 24.2 Å². The first-order chi connectivity index (χ1) is 13.0. The molecule has 0 saturated heterocycles. The number of nitriles is 1. The highest BCUT2D eigenvalue weighted by molar-refractivity contribution is 5.88. The van der Waals surface area contributed by atoms with Crippen LogP contribution in [-0.2, 0) is 6.42 Å². The first-order valence-corrected chi connectivity index (χ1v) is 9.15. The van der Waals surface area contributed by atoms with E-state index in [2.05, 4.69) is 47.9 Å². The largest absolute Gasteiger partial charge is 0.380 e. The van der Waals surface area contributed by atoms with Crippen LogP contribution < -0.4 is 0 Å². The summed E-state index contributed by atoms with van der Waals surface area (Å²) >= 11 is 0. The quantitative estimate of drug-likeness (QED) is 0.502. The van der Waals surface area contributed by atoms with Gasteiger partial charge < -0.3 is 15.1 Å². The van der Waals surface area contributed by atoms with E-state index in [0.717, 1.165) is 34.0 Å². The number of aromatic amines is 2. The van der Waals surface area contributed by atoms with E-state index in [1.54, 1.807) is 12.1 Å². The fourth-order valence-corrected chi connectivity index (χ4v) is 3.80. The second kappa shape index (κ2) is 6.57. The number of hydrogen-bond acceptors (Lipinski definition) is 3. The second-order valence-electron chi connectivity index (χ2n) is 7.50. The second-order valence-corrected chi connectivity index (χ2v) is 7.50. The van der Waals surface area contributed by atoms with Crippen LogP contribution in [0.3, 0.4) is 0 Å². The first kappa shape index (κ1) is 17.3. The molecule has 4 rings (SSSR count). The molecule has 1 unspecified atom stereocenters. The highest BCUT2D eigenvalue weighted by Crippen LogP contribution is 2.34. The summed E-state index contributed by atoms with van der Waals surface area (Å²) in [6.45, 7) is 6.44. The van der Waals surface area contributed by atoms with Gasteiger partial charge >= 0.3 is 0 Å². The van der Waals surface area contributed by atoms with Crippen molar-refractivity contribution in [1.29, 1.82) is 5.26 Å². The lowest BCUT2D eigenvalue weighted by Crippen LogP contribution is -2.09. The SMILES string of the molecule is Cc1cc(CC(C)C)c(C(O)c2nc3cc(C#N)ccc3[nH]2)c2cc[nH]c12. The van der Waals surface area contributed by atoms with Crippen LogP contribution in [-0.4, -0.2) is 20.1 Å². The van der Waals surface area contributed by atoms with Crippen LogP contribution >= 0.6 is 0 Å². The van der Waals surface area contributed by atoms with Crippen molar-refractivity contribution in [2.24, 2.45) is 5.92 Å². The van der Waals surface area contributed by atoms with Crippen molar-refractivity contribution in [2.75, 3.05) is 0 Å². The van der Waals surface area contributed by atoms with Gasteiger partial charge in [-0.05, 0) is 54.7 Å². The van der Waals surface area contributed by atoms with E-state index in [1.165, 1.54) is 5.56 Å². The lowest BCUT2D eigenvalue weighted by molar-refractivity contribution is 0.211. The van der Waals surface area contributed by atoms with E-state index < -0.39 is 6.10 Å². The summed E-state index contributed by atoms with van der Waals surface area (Å²) < 4.78 is 0. The summed E-state index contributed by atoms with van der Waals surface area (Å²) in [6.07, 6.45) is 1.92. The Morgan fingerprint density at radius 1 is 1.22 bits per heavy atom. The maximum Gasteiger partial charge on any atom is 0.140 e. The zero-order valence-electron chi connectivity index (χ0n) is 15.7. The highest BCUT2D eigenvalue weighted by Gasteiger charge is 2.23. The number of aryl methyl sites for hydroxylation is 1. The third-order valence-electron chi connectivity index (χ3n) is 4.96. The monoisotopic (exact) mass is 358 g/mol. The molecule has 0 bridgehead atoms. The van der Waals surface area contributed by atoms with Gasteiger partial charge in [0.2, 0.25) is 0 Å². The van der Waals surface area contributed by atoms with E-state index >= 15 is 0 Å². The highest BCUT2D eigenvalue weighted by atomic mass is 16.3. The molecule has 0 aliphatic rings. The van der Waals surface area contributed by atoms with E-state index in [-0.39, 0.29) is 0 Å². The van der Waals surface area contributed by atoms with Crippen molar-refractivity contribution in [3.05, 3.63) is 64.6 Å². The van der Waals surface area contributed by atoms with Crippen LogP contribution in [0.5, 0.6) is 0 Å². The summed E-state index contributed by atoms with van der Waals surface area (Å²) in [5.74, 6) is 0.969. The van der Waals surface area contributed by atoms with Crippen molar-refractivity contribution in [2.45, 2.75) is 33.3 Å².